The Morgan fingerprint density at radius 3 is 1.13 bits per heavy atom. The zero-order valence-corrected chi connectivity index (χ0v) is 8.35. The number of hydrogen-bond donors (Lipinski definition) is 0. The van der Waals surface area contributed by atoms with E-state index in [-0.39, 0.29) is 13.8 Å². The molecule has 0 rings (SSSR count). The van der Waals surface area contributed by atoms with Gasteiger partial charge in [-0.2, -0.15) is 8.78 Å². The normalized spacial score (nSPS) is 18.8. The van der Waals surface area contributed by atoms with E-state index in [1.54, 1.807) is 0 Å². The highest BCUT2D eigenvalue weighted by Crippen LogP contribution is 2.52. The monoisotopic (exact) mass is 240 g/mol. The quantitative estimate of drug-likeness (QED) is 0.650. The molecule has 0 aromatic carbocycles. The van der Waals surface area contributed by atoms with Crippen molar-refractivity contribution in [1.29, 1.82) is 0 Å². The van der Waals surface area contributed by atoms with Gasteiger partial charge in [-0.3, -0.25) is 0 Å². The summed E-state index contributed by atoms with van der Waals surface area (Å²) in [6, 6.07) is 0. The molecular formula is C8H11F7. The first-order chi connectivity index (χ1) is 6.31. The molecule has 0 aromatic heterocycles. The minimum absolute atomic E-state index is 0.143. The molecule has 1 atom stereocenters. The van der Waals surface area contributed by atoms with E-state index < -0.39 is 29.9 Å². The summed E-state index contributed by atoms with van der Waals surface area (Å²) in [5.74, 6) is -14.8. The molecule has 7 heteroatoms. The average Bonchev–Trinajstić information content (AvgIpc) is 1.98. The second-order valence-electron chi connectivity index (χ2n) is 3.51. The molecule has 0 nitrogen and oxygen atoms in total. The lowest BCUT2D eigenvalue weighted by atomic mass is 9.85. The SMILES string of the molecule is CCC(F)(C(C)(F)F)C(F)(F)C(C)(F)F. The Kier molecular flexibility index (Phi) is 3.40. The lowest BCUT2D eigenvalue weighted by Gasteiger charge is -2.39. The van der Waals surface area contributed by atoms with E-state index in [1.807, 2.05) is 0 Å². The summed E-state index contributed by atoms with van der Waals surface area (Å²) in [7, 11) is 0. The van der Waals surface area contributed by atoms with E-state index in [4.69, 9.17) is 0 Å². The molecule has 15 heavy (non-hydrogen) atoms. The highest BCUT2D eigenvalue weighted by atomic mass is 19.3. The van der Waals surface area contributed by atoms with E-state index in [9.17, 15) is 30.7 Å². The Morgan fingerprint density at radius 1 is 0.733 bits per heavy atom. The third-order valence-electron chi connectivity index (χ3n) is 2.23. The maximum atomic E-state index is 13.3. The highest BCUT2D eigenvalue weighted by Gasteiger charge is 2.74. The van der Waals surface area contributed by atoms with Crippen molar-refractivity contribution in [3.8, 4) is 0 Å². The zero-order valence-electron chi connectivity index (χ0n) is 8.35. The lowest BCUT2D eigenvalue weighted by molar-refractivity contribution is -0.314. The largest absolute Gasteiger partial charge is 0.348 e. The molecule has 0 amide bonds. The van der Waals surface area contributed by atoms with Gasteiger partial charge in [0.15, 0.2) is 0 Å². The Balaban J connectivity index is 5.50. The number of halogens is 7. The molecular weight excluding hydrogens is 229 g/mol. The van der Waals surface area contributed by atoms with Crippen LogP contribution in [0.5, 0.6) is 0 Å². The standard InChI is InChI=1S/C8H11F7/c1-4-7(13,5(2,9)10)8(14,15)6(3,11)12/h4H2,1-3H3. The van der Waals surface area contributed by atoms with Crippen molar-refractivity contribution in [2.24, 2.45) is 0 Å². The summed E-state index contributed by atoms with van der Waals surface area (Å²) in [6.07, 6.45) is -1.41. The van der Waals surface area contributed by atoms with Crippen LogP contribution < -0.4 is 0 Å². The highest BCUT2D eigenvalue weighted by molar-refractivity contribution is 5.06. The Morgan fingerprint density at radius 2 is 1.07 bits per heavy atom. The summed E-state index contributed by atoms with van der Waals surface area (Å²) >= 11 is 0. The van der Waals surface area contributed by atoms with Gasteiger partial charge in [-0.15, -0.1) is 0 Å². The summed E-state index contributed by atoms with van der Waals surface area (Å²) in [5, 5.41) is 0. The van der Waals surface area contributed by atoms with Gasteiger partial charge in [0.25, 0.3) is 5.92 Å². The second-order valence-corrected chi connectivity index (χ2v) is 3.51. The van der Waals surface area contributed by atoms with E-state index in [0.717, 1.165) is 0 Å². The molecule has 0 N–H and O–H groups in total. The fourth-order valence-corrected chi connectivity index (χ4v) is 1.16. The van der Waals surface area contributed by atoms with Crippen molar-refractivity contribution in [3.05, 3.63) is 0 Å². The van der Waals surface area contributed by atoms with Gasteiger partial charge in [-0.05, 0) is 6.42 Å². The van der Waals surface area contributed by atoms with Gasteiger partial charge >= 0.3 is 11.8 Å². The number of rotatable bonds is 4. The molecule has 0 aliphatic rings. The van der Waals surface area contributed by atoms with Crippen LogP contribution in [0.3, 0.4) is 0 Å². The fourth-order valence-electron chi connectivity index (χ4n) is 1.16. The number of alkyl halides is 7. The van der Waals surface area contributed by atoms with Crippen molar-refractivity contribution in [2.45, 2.75) is 50.6 Å². The molecule has 0 bridgehead atoms. The Bertz CT molecular complexity index is 224. The Labute approximate surface area is 82.5 Å². The van der Waals surface area contributed by atoms with Crippen LogP contribution in [0.2, 0.25) is 0 Å². The van der Waals surface area contributed by atoms with Crippen molar-refractivity contribution in [2.75, 3.05) is 0 Å². The maximum absolute atomic E-state index is 13.3. The maximum Gasteiger partial charge on any atom is 0.348 e. The minimum Gasteiger partial charge on any atom is -0.230 e. The lowest BCUT2D eigenvalue weighted by Crippen LogP contribution is -2.62. The molecule has 0 aromatic rings. The first kappa shape index (κ1) is 14.5. The smallest absolute Gasteiger partial charge is 0.230 e. The first-order valence-corrected chi connectivity index (χ1v) is 4.13. The fraction of sp³-hybridized carbons (Fsp3) is 1.00. The van der Waals surface area contributed by atoms with Crippen LogP contribution in [0.4, 0.5) is 30.7 Å². The molecule has 0 fully saturated rings. The molecule has 0 heterocycles. The van der Waals surface area contributed by atoms with Crippen molar-refractivity contribution < 1.29 is 30.7 Å². The number of hydrogen-bond acceptors (Lipinski definition) is 0. The predicted molar refractivity (Wildman–Crippen MR) is 40.3 cm³/mol. The van der Waals surface area contributed by atoms with Gasteiger partial charge in [0.1, 0.15) is 0 Å². The van der Waals surface area contributed by atoms with Crippen LogP contribution in [0.15, 0.2) is 0 Å². The topological polar surface area (TPSA) is 0 Å². The van der Waals surface area contributed by atoms with Crippen molar-refractivity contribution in [1.82, 2.24) is 0 Å². The molecule has 92 valence electrons. The van der Waals surface area contributed by atoms with Crippen LogP contribution >= 0.6 is 0 Å². The van der Waals surface area contributed by atoms with Gasteiger partial charge < -0.3 is 0 Å². The van der Waals surface area contributed by atoms with Crippen LogP contribution in [-0.4, -0.2) is 23.4 Å². The average molecular weight is 240 g/mol. The molecule has 1 unspecified atom stereocenters. The summed E-state index contributed by atoms with van der Waals surface area (Å²) < 4.78 is 89.1. The first-order valence-electron chi connectivity index (χ1n) is 4.13. The van der Waals surface area contributed by atoms with Gasteiger partial charge in [0.05, 0.1) is 0 Å². The van der Waals surface area contributed by atoms with E-state index in [2.05, 4.69) is 0 Å². The van der Waals surface area contributed by atoms with Gasteiger partial charge in [0.2, 0.25) is 5.67 Å². The van der Waals surface area contributed by atoms with Gasteiger partial charge in [0, 0.05) is 13.8 Å². The van der Waals surface area contributed by atoms with Crippen LogP contribution in [-0.2, 0) is 0 Å². The summed E-state index contributed by atoms with van der Waals surface area (Å²) in [6.45, 7) is 0.232. The summed E-state index contributed by atoms with van der Waals surface area (Å²) in [5.41, 5.74) is -4.56. The Hall–Kier alpha value is -0.490. The minimum atomic E-state index is -5.42. The second kappa shape index (κ2) is 3.52. The van der Waals surface area contributed by atoms with Crippen LogP contribution in [0.1, 0.15) is 27.2 Å². The summed E-state index contributed by atoms with van der Waals surface area (Å²) in [4.78, 5) is 0. The molecule has 0 saturated heterocycles. The third kappa shape index (κ3) is 2.06. The van der Waals surface area contributed by atoms with Gasteiger partial charge in [-0.1, -0.05) is 6.92 Å². The molecule has 0 saturated carbocycles. The molecule has 0 aliphatic carbocycles. The third-order valence-corrected chi connectivity index (χ3v) is 2.23. The predicted octanol–water partition coefficient (Wildman–Crippen LogP) is 4.05. The van der Waals surface area contributed by atoms with Crippen molar-refractivity contribution >= 4 is 0 Å². The van der Waals surface area contributed by atoms with Crippen molar-refractivity contribution in [3.63, 3.8) is 0 Å². The zero-order chi connectivity index (χ0) is 12.7. The van der Waals surface area contributed by atoms with Crippen LogP contribution in [0, 0.1) is 0 Å². The van der Waals surface area contributed by atoms with E-state index >= 15 is 0 Å². The van der Waals surface area contributed by atoms with Crippen LogP contribution in [0.25, 0.3) is 0 Å². The van der Waals surface area contributed by atoms with E-state index in [1.165, 1.54) is 0 Å². The molecule has 0 aliphatic heterocycles. The van der Waals surface area contributed by atoms with Gasteiger partial charge in [-0.25, -0.2) is 22.0 Å². The molecule has 0 radical (unpaired) electrons. The van der Waals surface area contributed by atoms with E-state index in [0.29, 0.717) is 6.92 Å². The molecule has 0 spiro atoms.